The van der Waals surface area contributed by atoms with Crippen molar-refractivity contribution in [2.75, 3.05) is 0 Å². The van der Waals surface area contributed by atoms with E-state index in [9.17, 15) is 9.90 Å². The van der Waals surface area contributed by atoms with Crippen LogP contribution in [0.1, 0.15) is 11.1 Å². The molecule has 1 aromatic heterocycles. The van der Waals surface area contributed by atoms with Crippen molar-refractivity contribution in [1.82, 2.24) is 25.9 Å². The van der Waals surface area contributed by atoms with Gasteiger partial charge in [0.25, 0.3) is 0 Å². The first-order valence-electron chi connectivity index (χ1n) is 6.66. The van der Waals surface area contributed by atoms with Crippen LogP contribution in [0.3, 0.4) is 0 Å². The molecule has 0 amide bonds. The Bertz CT molecular complexity index is 865. The minimum absolute atomic E-state index is 0.234. The lowest BCUT2D eigenvalue weighted by Gasteiger charge is -2.20. The van der Waals surface area contributed by atoms with Crippen molar-refractivity contribution >= 4 is 11.7 Å². The number of carboxylic acid groups (broad SMARTS) is 1. The maximum atomic E-state index is 11.2. The van der Waals surface area contributed by atoms with Gasteiger partial charge < -0.3 is 15.5 Å². The van der Waals surface area contributed by atoms with Crippen LogP contribution in [0.4, 0.5) is 0 Å². The molecule has 4 N–H and O–H groups in total. The molecule has 0 saturated carbocycles. The van der Waals surface area contributed by atoms with Crippen LogP contribution >= 0.6 is 0 Å². The van der Waals surface area contributed by atoms with Crippen LogP contribution in [0.15, 0.2) is 47.9 Å². The summed E-state index contributed by atoms with van der Waals surface area (Å²) < 4.78 is 0. The molecule has 1 aliphatic heterocycles. The second-order valence-corrected chi connectivity index (χ2v) is 5.00. The molecule has 0 fully saturated rings. The third-order valence-corrected chi connectivity index (χ3v) is 3.45. The van der Waals surface area contributed by atoms with E-state index in [4.69, 9.17) is 5.11 Å². The lowest BCUT2D eigenvalue weighted by atomic mass is 9.98. The molecule has 0 unspecified atom stereocenters. The lowest BCUT2D eigenvalue weighted by molar-refractivity contribution is -0.133. The summed E-state index contributed by atoms with van der Waals surface area (Å²) >= 11 is 0. The molecule has 0 aliphatic carbocycles. The highest BCUT2D eigenvalue weighted by molar-refractivity contribution is 5.92. The van der Waals surface area contributed by atoms with Crippen molar-refractivity contribution in [3.8, 4) is 11.4 Å². The Labute approximate surface area is 130 Å². The molecule has 0 bridgehead atoms. The van der Waals surface area contributed by atoms with Gasteiger partial charge in [-0.25, -0.2) is 4.79 Å². The molecule has 1 aromatic carbocycles. The quantitative estimate of drug-likeness (QED) is 0.677. The fourth-order valence-electron chi connectivity index (χ4n) is 2.32. The number of carboxylic acids is 1. The summed E-state index contributed by atoms with van der Waals surface area (Å²) in [5, 5.41) is 35.4. The molecule has 8 heteroatoms. The number of nitrogens with zero attached hydrogens (tertiary/aromatic N) is 3. The van der Waals surface area contributed by atoms with Crippen molar-refractivity contribution in [3.63, 3.8) is 0 Å². The van der Waals surface area contributed by atoms with Gasteiger partial charge in [-0.2, -0.15) is 5.21 Å². The first-order chi connectivity index (χ1) is 11.0. The minimum Gasteiger partial charge on any atom is -0.505 e. The Morgan fingerprint density at radius 2 is 2.13 bits per heavy atom. The third kappa shape index (κ3) is 2.57. The predicted molar refractivity (Wildman–Crippen MR) is 81.9 cm³/mol. The molecule has 3 rings (SSSR count). The highest BCUT2D eigenvalue weighted by Gasteiger charge is 2.23. The number of nitrogens with one attached hydrogen (secondary N) is 2. The molecule has 116 valence electrons. The monoisotopic (exact) mass is 311 g/mol. The number of dihydropyridines is 1. The number of benzene rings is 1. The molecule has 1 aliphatic rings. The SMILES string of the molecule is C=C1C=C(c2ccc(-c3nn[nH]n3)cc2C)NC(C(=O)O)=C1O. The van der Waals surface area contributed by atoms with Gasteiger partial charge in [0.2, 0.25) is 5.82 Å². The topological polar surface area (TPSA) is 124 Å². The van der Waals surface area contributed by atoms with Crippen LogP contribution in [-0.2, 0) is 4.79 Å². The normalized spacial score (nSPS) is 14.5. The molecule has 2 heterocycles. The summed E-state index contributed by atoms with van der Waals surface area (Å²) in [4.78, 5) is 11.2. The smallest absolute Gasteiger partial charge is 0.356 e. The zero-order valence-corrected chi connectivity index (χ0v) is 12.2. The first kappa shape index (κ1) is 14.5. The number of aliphatic hydroxyl groups excluding tert-OH is 1. The minimum atomic E-state index is -1.25. The number of allylic oxidation sites excluding steroid dienone is 1. The molecule has 8 nitrogen and oxygen atoms in total. The van der Waals surface area contributed by atoms with Crippen molar-refractivity contribution in [1.29, 1.82) is 0 Å². The van der Waals surface area contributed by atoms with E-state index in [-0.39, 0.29) is 17.0 Å². The van der Waals surface area contributed by atoms with Crippen LogP contribution < -0.4 is 5.32 Å². The van der Waals surface area contributed by atoms with Crippen LogP contribution in [-0.4, -0.2) is 36.8 Å². The van der Waals surface area contributed by atoms with Crippen LogP contribution in [0.5, 0.6) is 0 Å². The summed E-state index contributed by atoms with van der Waals surface area (Å²) in [7, 11) is 0. The van der Waals surface area contributed by atoms with Crippen molar-refractivity contribution in [2.45, 2.75) is 6.92 Å². The van der Waals surface area contributed by atoms with E-state index in [0.29, 0.717) is 11.5 Å². The van der Waals surface area contributed by atoms with E-state index < -0.39 is 5.97 Å². The third-order valence-electron chi connectivity index (χ3n) is 3.45. The van der Waals surface area contributed by atoms with Gasteiger partial charge in [-0.1, -0.05) is 18.7 Å². The number of rotatable bonds is 3. The number of hydrogen-bond acceptors (Lipinski definition) is 6. The number of hydrogen-bond donors (Lipinski definition) is 4. The summed E-state index contributed by atoms with van der Waals surface area (Å²) in [5.41, 5.74) is 2.93. The highest BCUT2D eigenvalue weighted by atomic mass is 16.4. The maximum absolute atomic E-state index is 11.2. The van der Waals surface area contributed by atoms with Crippen LogP contribution in [0.25, 0.3) is 17.1 Å². The van der Waals surface area contributed by atoms with Crippen molar-refractivity contribution in [2.24, 2.45) is 0 Å². The molecule has 0 spiro atoms. The van der Waals surface area contributed by atoms with Crippen molar-refractivity contribution in [3.05, 3.63) is 59.0 Å². The van der Waals surface area contributed by atoms with E-state index in [1.807, 2.05) is 19.1 Å². The van der Waals surface area contributed by atoms with E-state index in [1.54, 1.807) is 12.1 Å². The largest absolute Gasteiger partial charge is 0.505 e. The zero-order chi connectivity index (χ0) is 16.6. The number of aromatic amines is 1. The van der Waals surface area contributed by atoms with E-state index in [1.165, 1.54) is 0 Å². The standard InChI is InChI=1S/C15H13N5O3/c1-7-5-9(14-17-19-20-18-14)3-4-10(7)11-6-8(2)13(21)12(16-11)15(22)23/h3-6,16,21H,2H2,1H3,(H,22,23)(H,17,18,19,20). The Hall–Kier alpha value is -3.42. The van der Waals surface area contributed by atoms with E-state index >= 15 is 0 Å². The number of aromatic nitrogens is 4. The number of aliphatic carboxylic acids is 1. The molecule has 0 saturated heterocycles. The predicted octanol–water partition coefficient (Wildman–Crippen LogP) is 1.53. The van der Waals surface area contributed by atoms with Gasteiger partial charge in [0.1, 0.15) is 0 Å². The Morgan fingerprint density at radius 1 is 1.35 bits per heavy atom. The number of aryl methyl sites for hydroxylation is 1. The lowest BCUT2D eigenvalue weighted by Crippen LogP contribution is -2.25. The Morgan fingerprint density at radius 3 is 2.74 bits per heavy atom. The summed E-state index contributed by atoms with van der Waals surface area (Å²) in [6, 6.07) is 5.48. The fourth-order valence-corrected chi connectivity index (χ4v) is 2.32. The average Bonchev–Trinajstić information content (AvgIpc) is 3.04. The van der Waals surface area contributed by atoms with Gasteiger partial charge in [-0.15, -0.1) is 10.2 Å². The number of carbonyl (C=O) groups is 1. The molecule has 2 aromatic rings. The highest BCUT2D eigenvalue weighted by Crippen LogP contribution is 2.28. The van der Waals surface area contributed by atoms with Gasteiger partial charge in [-0.05, 0) is 29.8 Å². The summed E-state index contributed by atoms with van der Waals surface area (Å²) in [5.74, 6) is -1.16. The summed E-state index contributed by atoms with van der Waals surface area (Å²) in [6.07, 6.45) is 1.60. The Kier molecular flexibility index (Phi) is 3.41. The van der Waals surface area contributed by atoms with E-state index in [2.05, 4.69) is 32.5 Å². The van der Waals surface area contributed by atoms with Gasteiger partial charge in [0, 0.05) is 22.4 Å². The van der Waals surface area contributed by atoms with Gasteiger partial charge >= 0.3 is 5.97 Å². The Balaban J connectivity index is 1.98. The average molecular weight is 311 g/mol. The van der Waals surface area contributed by atoms with Gasteiger partial charge in [0.15, 0.2) is 11.5 Å². The molecule has 0 atom stereocenters. The van der Waals surface area contributed by atoms with Gasteiger partial charge in [0.05, 0.1) is 0 Å². The van der Waals surface area contributed by atoms with Crippen LogP contribution in [0, 0.1) is 6.92 Å². The number of H-pyrrole nitrogens is 1. The maximum Gasteiger partial charge on any atom is 0.356 e. The van der Waals surface area contributed by atoms with Gasteiger partial charge in [-0.3, -0.25) is 0 Å². The molecular weight excluding hydrogens is 298 g/mol. The second-order valence-electron chi connectivity index (χ2n) is 5.00. The zero-order valence-electron chi connectivity index (χ0n) is 12.2. The molecular formula is C15H13N5O3. The van der Waals surface area contributed by atoms with Crippen molar-refractivity contribution < 1.29 is 15.0 Å². The molecule has 0 radical (unpaired) electrons. The number of aliphatic hydroxyl groups is 1. The summed E-state index contributed by atoms with van der Waals surface area (Å²) in [6.45, 7) is 5.55. The second kappa shape index (κ2) is 5.41. The fraction of sp³-hybridized carbons (Fsp3) is 0.0667. The first-order valence-corrected chi connectivity index (χ1v) is 6.66. The van der Waals surface area contributed by atoms with Crippen LogP contribution in [0.2, 0.25) is 0 Å². The van der Waals surface area contributed by atoms with E-state index in [0.717, 1.165) is 16.7 Å². The molecule has 23 heavy (non-hydrogen) atoms. The number of tetrazole rings is 1.